The van der Waals surface area contributed by atoms with Crippen LogP contribution >= 0.6 is 11.6 Å². The SMILES string of the molecule is Cc1cc([N+](=O)[O-])c(Cl)cc1NC(=O)OCCO. The molecule has 0 aromatic heterocycles. The molecule has 0 aliphatic carbocycles. The summed E-state index contributed by atoms with van der Waals surface area (Å²) >= 11 is 5.71. The van der Waals surface area contributed by atoms with E-state index in [0.717, 1.165) is 0 Å². The number of nitrogens with zero attached hydrogens (tertiary/aromatic N) is 1. The van der Waals surface area contributed by atoms with Crippen LogP contribution in [0.15, 0.2) is 12.1 Å². The molecule has 1 aromatic rings. The summed E-state index contributed by atoms with van der Waals surface area (Å²) < 4.78 is 4.59. The number of hydrogen-bond donors (Lipinski definition) is 2. The first-order chi connectivity index (χ1) is 8.45. The van der Waals surface area contributed by atoms with Crippen molar-refractivity contribution in [2.45, 2.75) is 6.92 Å². The third kappa shape index (κ3) is 3.57. The Balaban J connectivity index is 2.88. The van der Waals surface area contributed by atoms with Gasteiger partial charge in [-0.1, -0.05) is 11.6 Å². The summed E-state index contributed by atoms with van der Waals surface area (Å²) in [7, 11) is 0. The first-order valence-electron chi connectivity index (χ1n) is 4.95. The zero-order valence-corrected chi connectivity index (χ0v) is 10.2. The molecule has 0 unspecified atom stereocenters. The van der Waals surface area contributed by atoms with Crippen molar-refractivity contribution >= 4 is 29.1 Å². The minimum absolute atomic E-state index is 0.0805. The molecular formula is C10H11ClN2O5. The maximum Gasteiger partial charge on any atom is 0.411 e. The lowest BCUT2D eigenvalue weighted by molar-refractivity contribution is -0.384. The molecule has 2 N–H and O–H groups in total. The lowest BCUT2D eigenvalue weighted by Crippen LogP contribution is -2.16. The van der Waals surface area contributed by atoms with Crippen LogP contribution in [-0.2, 0) is 4.74 Å². The van der Waals surface area contributed by atoms with Gasteiger partial charge in [0.05, 0.1) is 11.5 Å². The van der Waals surface area contributed by atoms with Gasteiger partial charge in [0.25, 0.3) is 5.69 Å². The van der Waals surface area contributed by atoms with Gasteiger partial charge in [0.15, 0.2) is 0 Å². The van der Waals surface area contributed by atoms with Crippen molar-refractivity contribution in [3.63, 3.8) is 0 Å². The smallest absolute Gasteiger partial charge is 0.411 e. The topological polar surface area (TPSA) is 102 Å². The van der Waals surface area contributed by atoms with Gasteiger partial charge in [0.1, 0.15) is 11.6 Å². The molecule has 0 spiro atoms. The number of hydrogen-bond acceptors (Lipinski definition) is 5. The molecule has 0 saturated carbocycles. The zero-order valence-electron chi connectivity index (χ0n) is 9.47. The highest BCUT2D eigenvalue weighted by molar-refractivity contribution is 6.33. The standard InChI is InChI=1S/C10H11ClN2O5/c1-6-4-9(13(16)17)7(11)5-8(6)12-10(15)18-3-2-14/h4-5,14H,2-3H2,1H3,(H,12,15). The quantitative estimate of drug-likeness (QED) is 0.646. The number of nitro groups is 1. The number of ether oxygens (including phenoxy) is 1. The fourth-order valence-electron chi connectivity index (χ4n) is 1.23. The lowest BCUT2D eigenvalue weighted by Gasteiger charge is -2.09. The van der Waals surface area contributed by atoms with Crippen LogP contribution in [0.4, 0.5) is 16.2 Å². The number of aryl methyl sites for hydroxylation is 1. The van der Waals surface area contributed by atoms with Gasteiger partial charge in [0, 0.05) is 11.8 Å². The maximum absolute atomic E-state index is 11.2. The largest absolute Gasteiger partial charge is 0.447 e. The van der Waals surface area contributed by atoms with Crippen molar-refractivity contribution in [3.8, 4) is 0 Å². The number of anilines is 1. The fraction of sp³-hybridized carbons (Fsp3) is 0.300. The van der Waals surface area contributed by atoms with Crippen LogP contribution < -0.4 is 5.32 Å². The average Bonchev–Trinajstić information content (AvgIpc) is 2.30. The molecule has 0 radical (unpaired) electrons. The number of carbonyl (C=O) groups excluding carboxylic acids is 1. The van der Waals surface area contributed by atoms with E-state index in [9.17, 15) is 14.9 Å². The summed E-state index contributed by atoms with van der Waals surface area (Å²) in [6.07, 6.45) is -0.767. The van der Waals surface area contributed by atoms with Crippen LogP contribution in [0, 0.1) is 17.0 Å². The highest BCUT2D eigenvalue weighted by atomic mass is 35.5. The molecule has 7 nitrogen and oxygen atoms in total. The Kier molecular flexibility index (Phi) is 4.87. The van der Waals surface area contributed by atoms with Crippen LogP contribution in [0.5, 0.6) is 0 Å². The minimum atomic E-state index is -0.767. The number of aliphatic hydroxyl groups excluding tert-OH is 1. The summed E-state index contributed by atoms with van der Waals surface area (Å²) in [5, 5.41) is 21.4. The number of aliphatic hydroxyl groups is 1. The van der Waals surface area contributed by atoms with Crippen molar-refractivity contribution in [2.24, 2.45) is 0 Å². The number of benzene rings is 1. The second kappa shape index (κ2) is 6.18. The van der Waals surface area contributed by atoms with Gasteiger partial charge in [-0.25, -0.2) is 4.79 Å². The Morgan fingerprint density at radius 3 is 2.83 bits per heavy atom. The van der Waals surface area contributed by atoms with E-state index in [1.54, 1.807) is 6.92 Å². The third-order valence-corrected chi connectivity index (χ3v) is 2.35. The Morgan fingerprint density at radius 2 is 2.28 bits per heavy atom. The Morgan fingerprint density at radius 1 is 1.61 bits per heavy atom. The monoisotopic (exact) mass is 274 g/mol. The van der Waals surface area contributed by atoms with Gasteiger partial charge in [-0.05, 0) is 18.6 Å². The van der Waals surface area contributed by atoms with Crippen LogP contribution in [0.25, 0.3) is 0 Å². The predicted molar refractivity (Wildman–Crippen MR) is 64.9 cm³/mol. The molecule has 98 valence electrons. The number of nitrogens with one attached hydrogen (secondary N) is 1. The van der Waals surface area contributed by atoms with Crippen LogP contribution in [0.2, 0.25) is 5.02 Å². The van der Waals surface area contributed by atoms with Gasteiger partial charge in [-0.15, -0.1) is 0 Å². The molecule has 0 heterocycles. The van der Waals surface area contributed by atoms with E-state index in [4.69, 9.17) is 16.7 Å². The van der Waals surface area contributed by atoms with E-state index in [0.29, 0.717) is 11.3 Å². The molecule has 1 rings (SSSR count). The average molecular weight is 275 g/mol. The van der Waals surface area contributed by atoms with Gasteiger partial charge >= 0.3 is 6.09 Å². The zero-order chi connectivity index (χ0) is 13.7. The molecule has 1 amide bonds. The van der Waals surface area contributed by atoms with Crippen molar-refractivity contribution in [1.29, 1.82) is 0 Å². The molecule has 0 aliphatic rings. The number of amides is 1. The van der Waals surface area contributed by atoms with E-state index in [-0.39, 0.29) is 23.9 Å². The van der Waals surface area contributed by atoms with Crippen LogP contribution in [0.3, 0.4) is 0 Å². The van der Waals surface area contributed by atoms with Gasteiger partial charge < -0.3 is 9.84 Å². The predicted octanol–water partition coefficient (Wildman–Crippen LogP) is 2.10. The summed E-state index contributed by atoms with van der Waals surface area (Å²) in [4.78, 5) is 21.3. The van der Waals surface area contributed by atoms with E-state index >= 15 is 0 Å². The molecule has 0 aliphatic heterocycles. The molecule has 18 heavy (non-hydrogen) atoms. The van der Waals surface area contributed by atoms with Crippen molar-refractivity contribution in [1.82, 2.24) is 0 Å². The molecule has 1 aromatic carbocycles. The lowest BCUT2D eigenvalue weighted by atomic mass is 10.2. The molecule has 0 bridgehead atoms. The summed E-state index contributed by atoms with van der Waals surface area (Å²) in [5.74, 6) is 0. The van der Waals surface area contributed by atoms with E-state index in [1.165, 1.54) is 12.1 Å². The van der Waals surface area contributed by atoms with E-state index in [2.05, 4.69) is 10.1 Å². The summed E-state index contributed by atoms with van der Waals surface area (Å²) in [5.41, 5.74) is 0.559. The number of rotatable bonds is 4. The normalized spacial score (nSPS) is 9.94. The number of carbonyl (C=O) groups is 1. The van der Waals surface area contributed by atoms with Gasteiger partial charge in [-0.3, -0.25) is 15.4 Å². The number of nitro benzene ring substituents is 1. The fourth-order valence-corrected chi connectivity index (χ4v) is 1.46. The first-order valence-corrected chi connectivity index (χ1v) is 5.32. The maximum atomic E-state index is 11.2. The molecule has 0 saturated heterocycles. The summed E-state index contributed by atoms with van der Waals surface area (Å²) in [6.45, 7) is 1.17. The number of halogens is 1. The molecule has 0 fully saturated rings. The van der Waals surface area contributed by atoms with Crippen molar-refractivity contribution in [3.05, 3.63) is 32.8 Å². The van der Waals surface area contributed by atoms with Crippen molar-refractivity contribution in [2.75, 3.05) is 18.5 Å². The van der Waals surface area contributed by atoms with Gasteiger partial charge in [0.2, 0.25) is 0 Å². The van der Waals surface area contributed by atoms with E-state index < -0.39 is 11.0 Å². The highest BCUT2D eigenvalue weighted by Gasteiger charge is 2.16. The molecular weight excluding hydrogens is 264 g/mol. The Bertz CT molecular complexity index is 478. The highest BCUT2D eigenvalue weighted by Crippen LogP contribution is 2.30. The molecule has 8 heteroatoms. The Hall–Kier alpha value is -1.86. The van der Waals surface area contributed by atoms with E-state index in [1.807, 2.05) is 0 Å². The third-order valence-electron chi connectivity index (χ3n) is 2.05. The van der Waals surface area contributed by atoms with Gasteiger partial charge in [-0.2, -0.15) is 0 Å². The first kappa shape index (κ1) is 14.2. The molecule has 0 atom stereocenters. The van der Waals surface area contributed by atoms with Crippen LogP contribution in [0.1, 0.15) is 5.56 Å². The summed E-state index contributed by atoms with van der Waals surface area (Å²) in [6, 6.07) is 2.53. The second-order valence-corrected chi connectivity index (χ2v) is 3.77. The van der Waals surface area contributed by atoms with Crippen LogP contribution in [-0.4, -0.2) is 29.3 Å². The minimum Gasteiger partial charge on any atom is -0.447 e. The Labute approximate surface area is 107 Å². The van der Waals surface area contributed by atoms with Crippen molar-refractivity contribution < 1.29 is 19.6 Å². The second-order valence-electron chi connectivity index (χ2n) is 3.36.